The molecule has 1 fully saturated rings. The Hall–Kier alpha value is -0.820. The molecule has 1 nitrogen and oxygen atoms in total. The van der Waals surface area contributed by atoms with E-state index < -0.39 is 0 Å². The first-order valence-electron chi connectivity index (χ1n) is 8.19. The molecule has 0 heterocycles. The van der Waals surface area contributed by atoms with E-state index in [9.17, 15) is 0 Å². The van der Waals surface area contributed by atoms with Gasteiger partial charge in [0.15, 0.2) is 0 Å². The van der Waals surface area contributed by atoms with E-state index in [0.717, 1.165) is 19.0 Å². The van der Waals surface area contributed by atoms with Crippen molar-refractivity contribution in [3.05, 3.63) is 35.4 Å². The van der Waals surface area contributed by atoms with Crippen molar-refractivity contribution in [1.29, 1.82) is 0 Å². The second kappa shape index (κ2) is 5.89. The predicted molar refractivity (Wildman–Crippen MR) is 88.4 cm³/mol. The molecule has 0 aliphatic heterocycles. The molecular weight excluding hydrogens is 242 g/mol. The van der Waals surface area contributed by atoms with Gasteiger partial charge in [-0.1, -0.05) is 58.9 Å². The minimum absolute atomic E-state index is 0.249. The van der Waals surface area contributed by atoms with Gasteiger partial charge in [-0.2, -0.15) is 0 Å². The van der Waals surface area contributed by atoms with Crippen LogP contribution in [0.4, 0.5) is 0 Å². The Balaban J connectivity index is 2.14. The third kappa shape index (κ3) is 3.25. The second-order valence-electron chi connectivity index (χ2n) is 7.80. The maximum atomic E-state index is 3.64. The highest BCUT2D eigenvalue weighted by molar-refractivity contribution is 5.34. The first kappa shape index (κ1) is 15.6. The molecule has 1 saturated carbocycles. The molecule has 0 aromatic heterocycles. The van der Waals surface area contributed by atoms with Crippen LogP contribution in [0, 0.1) is 5.92 Å². The quantitative estimate of drug-likeness (QED) is 0.770. The standard InChI is InChI=1S/C19H31N/c1-6-11-20-14-19(12-15(2)13-19)17-9-7-16(8-10-17)18(3,4)5/h7-10,15,20H,6,11-14H2,1-5H3. The van der Waals surface area contributed by atoms with Crippen LogP contribution in [0.15, 0.2) is 24.3 Å². The number of hydrogen-bond acceptors (Lipinski definition) is 1. The molecule has 0 saturated heterocycles. The summed E-state index contributed by atoms with van der Waals surface area (Å²) in [6, 6.07) is 9.42. The molecule has 1 aliphatic rings. The van der Waals surface area contributed by atoms with Crippen LogP contribution in [0.25, 0.3) is 0 Å². The predicted octanol–water partition coefficient (Wildman–Crippen LogP) is 4.65. The summed E-state index contributed by atoms with van der Waals surface area (Å²) in [5.74, 6) is 0.876. The Kier molecular flexibility index (Phi) is 4.59. The van der Waals surface area contributed by atoms with Gasteiger partial charge in [0, 0.05) is 12.0 Å². The Labute approximate surface area is 125 Å². The van der Waals surface area contributed by atoms with Crippen molar-refractivity contribution < 1.29 is 0 Å². The second-order valence-corrected chi connectivity index (χ2v) is 7.80. The van der Waals surface area contributed by atoms with Gasteiger partial charge in [-0.25, -0.2) is 0 Å². The first-order chi connectivity index (χ1) is 9.37. The fourth-order valence-corrected chi connectivity index (χ4v) is 3.58. The number of benzene rings is 1. The SMILES string of the molecule is CCCNCC1(c2ccc(C(C)(C)C)cc2)CC(C)C1. The zero-order valence-corrected chi connectivity index (χ0v) is 13.9. The number of nitrogens with one attached hydrogen (secondary N) is 1. The zero-order chi connectivity index (χ0) is 14.8. The summed E-state index contributed by atoms with van der Waals surface area (Å²) < 4.78 is 0. The van der Waals surface area contributed by atoms with E-state index in [4.69, 9.17) is 0 Å². The van der Waals surface area contributed by atoms with Crippen LogP contribution < -0.4 is 5.32 Å². The minimum Gasteiger partial charge on any atom is -0.316 e. The monoisotopic (exact) mass is 273 g/mol. The van der Waals surface area contributed by atoms with Crippen molar-refractivity contribution in [2.24, 2.45) is 5.92 Å². The van der Waals surface area contributed by atoms with Gasteiger partial charge in [0.05, 0.1) is 0 Å². The van der Waals surface area contributed by atoms with Crippen LogP contribution in [0.3, 0.4) is 0 Å². The molecular formula is C19H31N. The lowest BCUT2D eigenvalue weighted by atomic mass is 9.59. The molecule has 1 aromatic carbocycles. The van der Waals surface area contributed by atoms with Crippen molar-refractivity contribution >= 4 is 0 Å². The summed E-state index contributed by atoms with van der Waals surface area (Å²) in [5.41, 5.74) is 3.61. The van der Waals surface area contributed by atoms with Crippen LogP contribution in [0.1, 0.15) is 65.0 Å². The lowest BCUT2D eigenvalue weighted by Gasteiger charge is -2.47. The third-order valence-electron chi connectivity index (χ3n) is 4.73. The normalized spacial score (nSPS) is 26.4. The topological polar surface area (TPSA) is 12.0 Å². The maximum absolute atomic E-state index is 3.64. The lowest BCUT2D eigenvalue weighted by molar-refractivity contribution is 0.153. The van der Waals surface area contributed by atoms with Gasteiger partial charge >= 0.3 is 0 Å². The largest absolute Gasteiger partial charge is 0.316 e. The lowest BCUT2D eigenvalue weighted by Crippen LogP contribution is -2.48. The van der Waals surface area contributed by atoms with Crippen LogP contribution in [-0.2, 0) is 10.8 Å². The summed E-state index contributed by atoms with van der Waals surface area (Å²) in [6.07, 6.45) is 3.88. The molecule has 1 aliphatic carbocycles. The molecule has 0 atom stereocenters. The van der Waals surface area contributed by atoms with Gasteiger partial charge in [-0.3, -0.25) is 0 Å². The van der Waals surface area contributed by atoms with Gasteiger partial charge in [0.25, 0.3) is 0 Å². The molecule has 112 valence electrons. The van der Waals surface area contributed by atoms with Crippen LogP contribution in [-0.4, -0.2) is 13.1 Å². The molecule has 1 heteroatoms. The van der Waals surface area contributed by atoms with Crippen LogP contribution in [0.5, 0.6) is 0 Å². The minimum atomic E-state index is 0.249. The Morgan fingerprint density at radius 2 is 1.75 bits per heavy atom. The van der Waals surface area contributed by atoms with Crippen LogP contribution in [0.2, 0.25) is 0 Å². The van der Waals surface area contributed by atoms with Crippen molar-refractivity contribution in [3.63, 3.8) is 0 Å². The van der Waals surface area contributed by atoms with Crippen molar-refractivity contribution in [3.8, 4) is 0 Å². The first-order valence-corrected chi connectivity index (χ1v) is 8.19. The average Bonchev–Trinajstić information content (AvgIpc) is 2.35. The number of hydrogen-bond donors (Lipinski definition) is 1. The summed E-state index contributed by atoms with van der Waals surface area (Å²) in [7, 11) is 0. The molecule has 0 radical (unpaired) electrons. The summed E-state index contributed by atoms with van der Waals surface area (Å²) in [4.78, 5) is 0. The fraction of sp³-hybridized carbons (Fsp3) is 0.684. The molecule has 1 N–H and O–H groups in total. The van der Waals surface area contributed by atoms with E-state index in [1.807, 2.05) is 0 Å². The van der Waals surface area contributed by atoms with E-state index in [-0.39, 0.29) is 5.41 Å². The van der Waals surface area contributed by atoms with E-state index in [1.54, 1.807) is 0 Å². The third-order valence-corrected chi connectivity index (χ3v) is 4.73. The molecule has 0 spiro atoms. The summed E-state index contributed by atoms with van der Waals surface area (Å²) >= 11 is 0. The highest BCUT2D eigenvalue weighted by Gasteiger charge is 2.42. The molecule has 1 aromatic rings. The Morgan fingerprint density at radius 3 is 2.20 bits per heavy atom. The van der Waals surface area contributed by atoms with Gasteiger partial charge in [-0.05, 0) is 48.3 Å². The van der Waals surface area contributed by atoms with Gasteiger partial charge < -0.3 is 5.32 Å². The molecule has 0 unspecified atom stereocenters. The maximum Gasteiger partial charge on any atom is 0.00828 e. The Morgan fingerprint density at radius 1 is 1.15 bits per heavy atom. The van der Waals surface area contributed by atoms with Gasteiger partial charge in [0.1, 0.15) is 0 Å². The molecule has 0 amide bonds. The van der Waals surface area contributed by atoms with E-state index >= 15 is 0 Å². The molecule has 2 rings (SSSR count). The van der Waals surface area contributed by atoms with Crippen molar-refractivity contribution in [2.45, 2.75) is 64.7 Å². The Bertz CT molecular complexity index is 418. The summed E-state index contributed by atoms with van der Waals surface area (Å²) in [5, 5.41) is 3.64. The van der Waals surface area contributed by atoms with E-state index in [2.05, 4.69) is 64.2 Å². The van der Waals surface area contributed by atoms with Crippen molar-refractivity contribution in [2.75, 3.05) is 13.1 Å². The summed E-state index contributed by atoms with van der Waals surface area (Å²) in [6.45, 7) is 13.7. The van der Waals surface area contributed by atoms with Crippen molar-refractivity contribution in [1.82, 2.24) is 5.32 Å². The van der Waals surface area contributed by atoms with Gasteiger partial charge in [-0.15, -0.1) is 0 Å². The smallest absolute Gasteiger partial charge is 0.00828 e. The highest BCUT2D eigenvalue weighted by atomic mass is 14.9. The number of rotatable bonds is 5. The van der Waals surface area contributed by atoms with E-state index in [1.165, 1.54) is 30.4 Å². The zero-order valence-electron chi connectivity index (χ0n) is 13.9. The highest BCUT2D eigenvalue weighted by Crippen LogP contribution is 2.47. The van der Waals surface area contributed by atoms with Crippen LogP contribution >= 0.6 is 0 Å². The molecule has 20 heavy (non-hydrogen) atoms. The average molecular weight is 273 g/mol. The van der Waals surface area contributed by atoms with E-state index in [0.29, 0.717) is 5.41 Å². The molecule has 0 bridgehead atoms. The van der Waals surface area contributed by atoms with Gasteiger partial charge in [0.2, 0.25) is 0 Å². The fourth-order valence-electron chi connectivity index (χ4n) is 3.58.